The third-order valence-electron chi connectivity index (χ3n) is 1.22. The molecule has 0 bridgehead atoms. The van der Waals surface area contributed by atoms with Crippen molar-refractivity contribution in [1.82, 2.24) is 0 Å². The summed E-state index contributed by atoms with van der Waals surface area (Å²) in [6.07, 6.45) is 0. The van der Waals surface area contributed by atoms with Gasteiger partial charge >= 0.3 is 5.97 Å². The Morgan fingerprint density at radius 2 is 2.58 bits per heavy atom. The van der Waals surface area contributed by atoms with Crippen molar-refractivity contribution in [3.05, 3.63) is 17.5 Å². The molecule has 1 aromatic rings. The maximum absolute atomic E-state index is 10.3. The zero-order valence-electron chi connectivity index (χ0n) is 6.27. The van der Waals surface area contributed by atoms with Crippen LogP contribution in [0.3, 0.4) is 0 Å². The minimum absolute atomic E-state index is 0.00977. The number of carbonyl (C=O) groups is 1. The Hall–Kier alpha value is -1.07. The van der Waals surface area contributed by atoms with E-state index in [1.54, 1.807) is 6.07 Å². The van der Waals surface area contributed by atoms with E-state index in [1.807, 2.05) is 11.4 Å². The molecule has 0 radical (unpaired) electrons. The highest BCUT2D eigenvalue weighted by Crippen LogP contribution is 2.17. The number of nitrogens with two attached hydrogens (primary N) is 1. The predicted octanol–water partition coefficient (Wildman–Crippen LogP) is 0.539. The molecule has 0 aliphatic carbocycles. The fourth-order valence-corrected chi connectivity index (χ4v) is 1.17. The van der Waals surface area contributed by atoms with Gasteiger partial charge in [-0.05, 0) is 17.5 Å². The Bertz CT molecular complexity index is 247. The summed E-state index contributed by atoms with van der Waals surface area (Å²) in [4.78, 5) is 10.3. The van der Waals surface area contributed by atoms with Crippen LogP contribution in [-0.2, 0) is 4.79 Å². The summed E-state index contributed by atoms with van der Waals surface area (Å²) in [5.41, 5.74) is 5.21. The molecular formula is C7H9NO3S. The van der Waals surface area contributed by atoms with Crippen LogP contribution >= 0.6 is 11.3 Å². The van der Waals surface area contributed by atoms with Gasteiger partial charge in [-0.2, -0.15) is 0 Å². The number of aliphatic carboxylic acids is 1. The molecule has 0 aromatic carbocycles. The lowest BCUT2D eigenvalue weighted by Crippen LogP contribution is -2.35. The topological polar surface area (TPSA) is 72.5 Å². The Labute approximate surface area is 73.6 Å². The Kier molecular flexibility index (Phi) is 3.07. The van der Waals surface area contributed by atoms with E-state index in [0.717, 1.165) is 0 Å². The van der Waals surface area contributed by atoms with E-state index in [4.69, 9.17) is 15.6 Å². The van der Waals surface area contributed by atoms with E-state index in [1.165, 1.54) is 11.3 Å². The lowest BCUT2D eigenvalue weighted by molar-refractivity contribution is -0.139. The van der Waals surface area contributed by atoms with Crippen molar-refractivity contribution >= 4 is 17.3 Å². The second-order valence-corrected chi connectivity index (χ2v) is 3.10. The highest BCUT2D eigenvalue weighted by Gasteiger charge is 2.11. The van der Waals surface area contributed by atoms with E-state index in [2.05, 4.69) is 0 Å². The van der Waals surface area contributed by atoms with Crippen molar-refractivity contribution in [3.63, 3.8) is 0 Å². The maximum Gasteiger partial charge on any atom is 0.324 e. The average Bonchev–Trinajstić information content (AvgIpc) is 2.51. The molecule has 0 saturated carbocycles. The van der Waals surface area contributed by atoms with E-state index in [0.29, 0.717) is 5.06 Å². The Morgan fingerprint density at radius 3 is 3.08 bits per heavy atom. The molecule has 0 unspecified atom stereocenters. The molecule has 0 aliphatic heterocycles. The highest BCUT2D eigenvalue weighted by molar-refractivity contribution is 7.11. The molecule has 3 N–H and O–H groups in total. The molecule has 0 aliphatic rings. The molecular weight excluding hydrogens is 178 g/mol. The van der Waals surface area contributed by atoms with Gasteiger partial charge in [-0.3, -0.25) is 4.79 Å². The predicted molar refractivity (Wildman–Crippen MR) is 45.4 cm³/mol. The second kappa shape index (κ2) is 4.08. The number of carboxylic acid groups (broad SMARTS) is 1. The van der Waals surface area contributed by atoms with Crippen molar-refractivity contribution in [2.75, 3.05) is 6.61 Å². The van der Waals surface area contributed by atoms with Crippen molar-refractivity contribution < 1.29 is 14.6 Å². The third kappa shape index (κ3) is 2.52. The summed E-state index contributed by atoms with van der Waals surface area (Å²) in [6, 6.07) is 2.64. The fraction of sp³-hybridized carbons (Fsp3) is 0.286. The first-order valence-electron chi connectivity index (χ1n) is 3.35. The fourth-order valence-electron chi connectivity index (χ4n) is 0.589. The van der Waals surface area contributed by atoms with Crippen LogP contribution in [0.25, 0.3) is 0 Å². The zero-order chi connectivity index (χ0) is 8.97. The zero-order valence-corrected chi connectivity index (χ0v) is 7.08. The van der Waals surface area contributed by atoms with Crippen LogP contribution < -0.4 is 10.5 Å². The number of carboxylic acids is 1. The summed E-state index contributed by atoms with van der Waals surface area (Å²) < 4.78 is 5.08. The lowest BCUT2D eigenvalue weighted by Gasteiger charge is -2.06. The van der Waals surface area contributed by atoms with Gasteiger partial charge in [0.2, 0.25) is 0 Å². The van der Waals surface area contributed by atoms with Crippen LogP contribution in [0.1, 0.15) is 0 Å². The largest absolute Gasteiger partial charge is 0.482 e. The van der Waals surface area contributed by atoms with Crippen molar-refractivity contribution in [2.45, 2.75) is 6.04 Å². The van der Waals surface area contributed by atoms with Gasteiger partial charge < -0.3 is 15.6 Å². The Morgan fingerprint density at radius 1 is 1.83 bits per heavy atom. The molecule has 4 nitrogen and oxygen atoms in total. The van der Waals surface area contributed by atoms with Crippen LogP contribution in [0.5, 0.6) is 5.06 Å². The summed E-state index contributed by atoms with van der Waals surface area (Å²) in [6.45, 7) is 0.00977. The minimum atomic E-state index is -1.05. The first-order chi connectivity index (χ1) is 5.70. The van der Waals surface area contributed by atoms with E-state index in [-0.39, 0.29) is 6.61 Å². The van der Waals surface area contributed by atoms with Gasteiger partial charge in [-0.15, -0.1) is 11.3 Å². The van der Waals surface area contributed by atoms with Gasteiger partial charge in [0.05, 0.1) is 0 Å². The molecule has 0 amide bonds. The summed E-state index contributed by atoms with van der Waals surface area (Å²) in [5, 5.41) is 10.9. The van der Waals surface area contributed by atoms with E-state index < -0.39 is 12.0 Å². The molecule has 66 valence electrons. The number of rotatable bonds is 4. The van der Waals surface area contributed by atoms with Crippen molar-refractivity contribution in [3.8, 4) is 5.06 Å². The van der Waals surface area contributed by atoms with Gasteiger partial charge in [0.1, 0.15) is 12.6 Å². The van der Waals surface area contributed by atoms with Crippen LogP contribution in [0.2, 0.25) is 0 Å². The van der Waals surface area contributed by atoms with Crippen molar-refractivity contribution in [2.24, 2.45) is 5.73 Å². The lowest BCUT2D eigenvalue weighted by atomic mass is 10.3. The van der Waals surface area contributed by atoms with Crippen molar-refractivity contribution in [1.29, 1.82) is 0 Å². The SMILES string of the molecule is N[C@@H](COc1cccs1)C(=O)O. The number of hydrogen-bond acceptors (Lipinski definition) is 4. The van der Waals surface area contributed by atoms with Crippen LogP contribution in [0.15, 0.2) is 17.5 Å². The first kappa shape index (κ1) is 9.02. The normalized spacial score (nSPS) is 12.4. The summed E-state index contributed by atoms with van der Waals surface area (Å²) in [5.74, 6) is -1.05. The smallest absolute Gasteiger partial charge is 0.324 e. The third-order valence-corrected chi connectivity index (χ3v) is 2.00. The highest BCUT2D eigenvalue weighted by atomic mass is 32.1. The molecule has 12 heavy (non-hydrogen) atoms. The Balaban J connectivity index is 2.31. The van der Waals surface area contributed by atoms with Crippen LogP contribution in [0.4, 0.5) is 0 Å². The monoisotopic (exact) mass is 187 g/mol. The van der Waals surface area contributed by atoms with E-state index in [9.17, 15) is 4.79 Å². The number of hydrogen-bond donors (Lipinski definition) is 2. The molecule has 0 saturated heterocycles. The van der Waals surface area contributed by atoms with Gasteiger partial charge in [0.15, 0.2) is 5.06 Å². The summed E-state index contributed by atoms with van der Waals surface area (Å²) in [7, 11) is 0. The molecule has 1 aromatic heterocycles. The van der Waals surface area contributed by atoms with E-state index >= 15 is 0 Å². The van der Waals surface area contributed by atoms with Gasteiger partial charge in [0, 0.05) is 0 Å². The van der Waals surface area contributed by atoms with Gasteiger partial charge in [-0.25, -0.2) is 0 Å². The minimum Gasteiger partial charge on any atom is -0.482 e. The molecule has 1 atom stereocenters. The van der Waals surface area contributed by atoms with Crippen LogP contribution in [0, 0.1) is 0 Å². The van der Waals surface area contributed by atoms with Gasteiger partial charge in [0.25, 0.3) is 0 Å². The molecule has 5 heteroatoms. The first-order valence-corrected chi connectivity index (χ1v) is 4.23. The maximum atomic E-state index is 10.3. The molecule has 1 heterocycles. The quantitative estimate of drug-likeness (QED) is 0.721. The average molecular weight is 187 g/mol. The molecule has 0 spiro atoms. The summed E-state index contributed by atoms with van der Waals surface area (Å²) >= 11 is 1.41. The molecule has 1 rings (SSSR count). The second-order valence-electron chi connectivity index (χ2n) is 2.19. The standard InChI is InChI=1S/C7H9NO3S/c8-5(7(9)10)4-11-6-2-1-3-12-6/h1-3,5H,4,8H2,(H,9,10)/t5-/m0/s1. The number of thiophene rings is 1. The molecule has 0 fully saturated rings. The van der Waals surface area contributed by atoms with Crippen LogP contribution in [-0.4, -0.2) is 23.7 Å². The van der Waals surface area contributed by atoms with Gasteiger partial charge in [-0.1, -0.05) is 0 Å². The number of ether oxygens (including phenoxy) is 1.